The molecule has 3 rings (SSSR count). The lowest BCUT2D eigenvalue weighted by molar-refractivity contribution is -0.126. The molecule has 0 unspecified atom stereocenters. The van der Waals surface area contributed by atoms with Crippen LogP contribution < -0.4 is 16.4 Å². The molecule has 2 N–H and O–H groups in total. The number of rotatable bonds is 3. The van der Waals surface area contributed by atoms with Gasteiger partial charge in [0.25, 0.3) is 11.5 Å². The maximum Gasteiger partial charge on any atom is 0.290 e. The predicted octanol–water partition coefficient (Wildman–Crippen LogP) is 2.32. The van der Waals surface area contributed by atoms with Crippen molar-refractivity contribution >= 4 is 45.8 Å². The second-order valence-corrected chi connectivity index (χ2v) is 8.34. The molecule has 1 heterocycles. The van der Waals surface area contributed by atoms with E-state index in [1.165, 1.54) is 4.68 Å². The first-order valence-electron chi connectivity index (χ1n) is 8.08. The zero-order valence-corrected chi connectivity index (χ0v) is 16.0. The van der Waals surface area contributed by atoms with E-state index in [0.29, 0.717) is 17.2 Å². The molecule has 2 aromatic rings. The molecule has 1 aromatic carbocycles. The highest BCUT2D eigenvalue weighted by atomic mass is 35.5. The third-order valence-electron chi connectivity index (χ3n) is 4.58. The molecule has 0 radical (unpaired) electrons. The van der Waals surface area contributed by atoms with Gasteiger partial charge >= 0.3 is 0 Å². The van der Waals surface area contributed by atoms with Gasteiger partial charge < -0.3 is 0 Å². The van der Waals surface area contributed by atoms with Gasteiger partial charge in [0.2, 0.25) is 5.91 Å². The smallest absolute Gasteiger partial charge is 0.273 e. The van der Waals surface area contributed by atoms with E-state index in [-0.39, 0.29) is 17.3 Å². The van der Waals surface area contributed by atoms with Gasteiger partial charge in [0.05, 0.1) is 16.8 Å². The highest BCUT2D eigenvalue weighted by molar-refractivity contribution is 6.53. The third kappa shape index (κ3) is 2.95. The highest BCUT2D eigenvalue weighted by Gasteiger charge is 2.68. The van der Waals surface area contributed by atoms with Crippen LogP contribution in [0.5, 0.6) is 0 Å². The summed E-state index contributed by atoms with van der Waals surface area (Å²) >= 11 is 11.9. The van der Waals surface area contributed by atoms with Gasteiger partial charge in [-0.1, -0.05) is 18.2 Å². The molecular formula is C17H18Cl2N4O3. The Morgan fingerprint density at radius 3 is 2.31 bits per heavy atom. The SMILES string of the molecule is CC(C)n1nc(C(=O)NNC(=O)[C@@]2(C)CC2(Cl)Cl)c2ccccc2c1=O. The number of nitrogens with zero attached hydrogens (tertiary/aromatic N) is 2. The lowest BCUT2D eigenvalue weighted by Crippen LogP contribution is -2.46. The van der Waals surface area contributed by atoms with Crippen molar-refractivity contribution in [3.63, 3.8) is 0 Å². The molecule has 1 saturated carbocycles. The first-order chi connectivity index (χ1) is 12.1. The van der Waals surface area contributed by atoms with Crippen LogP contribution in [0.3, 0.4) is 0 Å². The maximum absolute atomic E-state index is 12.6. The summed E-state index contributed by atoms with van der Waals surface area (Å²) in [4.78, 5) is 37.3. The Morgan fingerprint density at radius 1 is 1.19 bits per heavy atom. The van der Waals surface area contributed by atoms with Gasteiger partial charge in [-0.15, -0.1) is 23.2 Å². The summed E-state index contributed by atoms with van der Waals surface area (Å²) in [6.45, 7) is 5.20. The normalized spacial score (nSPS) is 20.8. The van der Waals surface area contributed by atoms with E-state index in [1.54, 1.807) is 45.0 Å². The summed E-state index contributed by atoms with van der Waals surface area (Å²) in [5, 5.41) is 4.96. The molecule has 1 aliphatic rings. The zero-order chi connectivity index (χ0) is 19.3. The first kappa shape index (κ1) is 18.7. The second kappa shape index (κ2) is 6.25. The molecule has 0 saturated heterocycles. The molecule has 26 heavy (non-hydrogen) atoms. The fraction of sp³-hybridized carbons (Fsp3) is 0.412. The first-order valence-corrected chi connectivity index (χ1v) is 8.84. The fourth-order valence-electron chi connectivity index (χ4n) is 2.68. The van der Waals surface area contributed by atoms with E-state index < -0.39 is 21.6 Å². The van der Waals surface area contributed by atoms with Crippen molar-refractivity contribution < 1.29 is 9.59 Å². The van der Waals surface area contributed by atoms with Crippen LogP contribution in [0.25, 0.3) is 10.8 Å². The summed E-state index contributed by atoms with van der Waals surface area (Å²) < 4.78 is 0.0987. The van der Waals surface area contributed by atoms with Crippen LogP contribution in [0.15, 0.2) is 29.1 Å². The summed E-state index contributed by atoms with van der Waals surface area (Å²) in [5.41, 5.74) is 3.45. The number of aromatic nitrogens is 2. The number of hydrogen-bond donors (Lipinski definition) is 2. The van der Waals surface area contributed by atoms with Crippen LogP contribution in [0.1, 0.15) is 43.7 Å². The molecule has 9 heteroatoms. The molecule has 1 aliphatic carbocycles. The molecule has 0 spiro atoms. The van der Waals surface area contributed by atoms with Crippen molar-refractivity contribution in [2.75, 3.05) is 0 Å². The van der Waals surface area contributed by atoms with E-state index in [1.807, 2.05) is 0 Å². The van der Waals surface area contributed by atoms with Gasteiger partial charge in [0.1, 0.15) is 4.33 Å². The molecule has 1 aromatic heterocycles. The van der Waals surface area contributed by atoms with Crippen molar-refractivity contribution in [2.24, 2.45) is 5.41 Å². The number of hydrazine groups is 1. The lowest BCUT2D eigenvalue weighted by Gasteiger charge is -2.15. The number of fused-ring (bicyclic) bond motifs is 1. The van der Waals surface area contributed by atoms with Gasteiger partial charge in [-0.05, 0) is 33.3 Å². The largest absolute Gasteiger partial charge is 0.290 e. The minimum atomic E-state index is -1.14. The van der Waals surface area contributed by atoms with E-state index in [9.17, 15) is 14.4 Å². The molecule has 0 bridgehead atoms. The van der Waals surface area contributed by atoms with E-state index in [4.69, 9.17) is 23.2 Å². The van der Waals surface area contributed by atoms with Crippen molar-refractivity contribution in [3.05, 3.63) is 40.3 Å². The number of benzene rings is 1. The number of nitrogens with one attached hydrogen (secondary N) is 2. The number of carbonyl (C=O) groups is 2. The topological polar surface area (TPSA) is 93.1 Å². The van der Waals surface area contributed by atoms with Gasteiger partial charge in [-0.3, -0.25) is 25.2 Å². The third-order valence-corrected chi connectivity index (χ3v) is 5.68. The average molecular weight is 397 g/mol. The molecule has 1 atom stereocenters. The van der Waals surface area contributed by atoms with Crippen LogP contribution in [0, 0.1) is 5.41 Å². The number of hydrogen-bond acceptors (Lipinski definition) is 4. The Balaban J connectivity index is 1.90. The van der Waals surface area contributed by atoms with Crippen LogP contribution in [-0.2, 0) is 4.79 Å². The Hall–Kier alpha value is -2.12. The molecule has 0 aliphatic heterocycles. The Kier molecular flexibility index (Phi) is 4.48. The van der Waals surface area contributed by atoms with Crippen molar-refractivity contribution in [2.45, 2.75) is 37.6 Å². The summed E-state index contributed by atoms with van der Waals surface area (Å²) in [6, 6.07) is 6.46. The van der Waals surface area contributed by atoms with Crippen molar-refractivity contribution in [1.82, 2.24) is 20.6 Å². The average Bonchev–Trinajstić information content (AvgIpc) is 3.12. The quantitative estimate of drug-likeness (QED) is 0.614. The minimum absolute atomic E-state index is 0.0400. The van der Waals surface area contributed by atoms with Gasteiger partial charge in [-0.25, -0.2) is 4.68 Å². The zero-order valence-electron chi connectivity index (χ0n) is 14.5. The molecular weight excluding hydrogens is 379 g/mol. The van der Waals surface area contributed by atoms with Crippen LogP contribution in [0.4, 0.5) is 0 Å². The van der Waals surface area contributed by atoms with Crippen LogP contribution >= 0.6 is 23.2 Å². The number of halogens is 2. The standard InChI is InChI=1S/C17H18Cl2N4O3/c1-9(2)23-14(25)11-7-5-4-6-10(11)12(22-23)13(24)20-21-15(26)16(3)8-17(16,18)19/h4-7,9H,8H2,1-3H3,(H,20,24)(H,21,26)/t16-/m1/s1. The van der Waals surface area contributed by atoms with E-state index in [0.717, 1.165) is 0 Å². The van der Waals surface area contributed by atoms with E-state index >= 15 is 0 Å². The van der Waals surface area contributed by atoms with Crippen LogP contribution in [-0.4, -0.2) is 25.9 Å². The maximum atomic E-state index is 12.6. The lowest BCUT2D eigenvalue weighted by atomic mass is 10.1. The minimum Gasteiger partial charge on any atom is -0.273 e. The van der Waals surface area contributed by atoms with Gasteiger partial charge in [-0.2, -0.15) is 5.10 Å². The highest BCUT2D eigenvalue weighted by Crippen LogP contribution is 2.63. The van der Waals surface area contributed by atoms with Crippen molar-refractivity contribution in [3.8, 4) is 0 Å². The molecule has 138 valence electrons. The monoisotopic (exact) mass is 396 g/mol. The van der Waals surface area contributed by atoms with Gasteiger partial charge in [0.15, 0.2) is 5.69 Å². The van der Waals surface area contributed by atoms with Crippen molar-refractivity contribution in [1.29, 1.82) is 0 Å². The predicted molar refractivity (Wildman–Crippen MR) is 99.2 cm³/mol. The number of alkyl halides is 2. The Morgan fingerprint density at radius 2 is 1.77 bits per heavy atom. The molecule has 2 amide bonds. The Labute approximate surface area is 159 Å². The number of amides is 2. The molecule has 7 nitrogen and oxygen atoms in total. The Bertz CT molecular complexity index is 970. The summed E-state index contributed by atoms with van der Waals surface area (Å²) in [5.74, 6) is -1.12. The summed E-state index contributed by atoms with van der Waals surface area (Å²) in [6.07, 6.45) is 0.296. The number of carbonyl (C=O) groups excluding carboxylic acids is 2. The fourth-order valence-corrected chi connectivity index (χ4v) is 3.39. The van der Waals surface area contributed by atoms with Gasteiger partial charge in [0, 0.05) is 5.39 Å². The van der Waals surface area contributed by atoms with Crippen LogP contribution in [0.2, 0.25) is 0 Å². The summed E-state index contributed by atoms with van der Waals surface area (Å²) in [7, 11) is 0. The molecule has 1 fully saturated rings. The van der Waals surface area contributed by atoms with E-state index in [2.05, 4.69) is 16.0 Å². The second-order valence-electron chi connectivity index (χ2n) is 6.86.